The molecule has 0 saturated carbocycles. The second-order valence-electron chi connectivity index (χ2n) is 5.95. The smallest absolute Gasteiger partial charge is 0.189 e. The number of aryl methyl sites for hydroxylation is 1. The summed E-state index contributed by atoms with van der Waals surface area (Å²) in [5, 5.41) is 5.05. The molecule has 2 aliphatic heterocycles. The normalized spacial score (nSPS) is 19.8. The number of nitrogens with one attached hydrogen (secondary N) is 1. The Hall–Kier alpha value is -1.80. The largest absolute Gasteiger partial charge is 0.491 e. The number of fused-ring (bicyclic) bond motifs is 1. The molecule has 1 aromatic heterocycles. The summed E-state index contributed by atoms with van der Waals surface area (Å²) in [5.41, 5.74) is 5.67. The van der Waals surface area contributed by atoms with Gasteiger partial charge in [-0.05, 0) is 30.8 Å². The van der Waals surface area contributed by atoms with Crippen LogP contribution >= 0.6 is 12.2 Å². The maximum atomic E-state index is 12.4. The zero-order valence-corrected chi connectivity index (χ0v) is 14.6. The Kier molecular flexibility index (Phi) is 5.57. The summed E-state index contributed by atoms with van der Waals surface area (Å²) in [6, 6.07) is 1.97. The first kappa shape index (κ1) is 17.0. The van der Waals surface area contributed by atoms with Crippen LogP contribution in [0.5, 0.6) is 5.75 Å². The number of nitrogens with zero attached hydrogens (tertiary/aromatic N) is 4. The summed E-state index contributed by atoms with van der Waals surface area (Å²) in [5.74, 6) is 0.771. The lowest BCUT2D eigenvalue weighted by Crippen LogP contribution is -2.51. The van der Waals surface area contributed by atoms with Crippen LogP contribution in [0.25, 0.3) is 0 Å². The third-order valence-corrected chi connectivity index (χ3v) is 4.56. The maximum absolute atomic E-state index is 12.4. The van der Waals surface area contributed by atoms with Gasteiger partial charge in [-0.25, -0.2) is 4.39 Å². The molecule has 130 valence electrons. The monoisotopic (exact) mass is 351 g/mol. The summed E-state index contributed by atoms with van der Waals surface area (Å²) in [6.45, 7) is 5.98. The van der Waals surface area contributed by atoms with E-state index in [1.165, 1.54) is 0 Å². The van der Waals surface area contributed by atoms with E-state index in [2.05, 4.69) is 25.3 Å². The van der Waals surface area contributed by atoms with Crippen molar-refractivity contribution in [2.75, 3.05) is 46.0 Å². The van der Waals surface area contributed by atoms with Gasteiger partial charge in [0.15, 0.2) is 5.11 Å². The number of hydrogen-bond acceptors (Lipinski definition) is 5. The van der Waals surface area contributed by atoms with Crippen molar-refractivity contribution in [3.05, 3.63) is 23.5 Å². The van der Waals surface area contributed by atoms with Gasteiger partial charge in [0.25, 0.3) is 0 Å². The lowest BCUT2D eigenvalue weighted by Gasteiger charge is -2.35. The van der Waals surface area contributed by atoms with E-state index < -0.39 is 0 Å². The highest BCUT2D eigenvalue weighted by Crippen LogP contribution is 2.23. The van der Waals surface area contributed by atoms with Crippen LogP contribution < -0.4 is 10.2 Å². The van der Waals surface area contributed by atoms with Crippen molar-refractivity contribution in [3.63, 3.8) is 0 Å². The first-order valence-electron chi connectivity index (χ1n) is 8.17. The Bertz CT molecular complexity index is 631. The fourth-order valence-electron chi connectivity index (χ4n) is 2.83. The highest BCUT2D eigenvalue weighted by atomic mass is 32.1. The molecule has 2 aliphatic rings. The number of ether oxygens (including phenoxy) is 1. The molecule has 0 amide bonds. The number of halogens is 1. The number of alkyl halides is 1. The van der Waals surface area contributed by atoms with Crippen LogP contribution in [0.3, 0.4) is 0 Å². The Balaban J connectivity index is 1.60. The molecule has 0 atom stereocenters. The number of hydrogen-bond donors (Lipinski definition) is 1. The fraction of sp³-hybridized carbons (Fsp3) is 0.562. The minimum absolute atomic E-state index is 0.301. The van der Waals surface area contributed by atoms with Gasteiger partial charge >= 0.3 is 0 Å². The van der Waals surface area contributed by atoms with Crippen LogP contribution in [0.1, 0.15) is 17.7 Å². The number of rotatable bonds is 3. The van der Waals surface area contributed by atoms with E-state index in [9.17, 15) is 4.39 Å². The molecular formula is C16H22FN5OS. The number of piperazine rings is 1. The van der Waals surface area contributed by atoms with Gasteiger partial charge in [-0.2, -0.15) is 5.10 Å². The summed E-state index contributed by atoms with van der Waals surface area (Å²) in [7, 11) is 0. The summed E-state index contributed by atoms with van der Waals surface area (Å²) < 4.78 is 18.0. The molecule has 1 N–H and O–H groups in total. The molecule has 8 heteroatoms. The minimum Gasteiger partial charge on any atom is -0.491 e. The van der Waals surface area contributed by atoms with Crippen LogP contribution in [0.4, 0.5) is 4.39 Å². The molecule has 0 bridgehead atoms. The number of thiocarbonyl (C=S) groups is 1. The van der Waals surface area contributed by atoms with Crippen molar-refractivity contribution in [1.29, 1.82) is 0 Å². The van der Waals surface area contributed by atoms with E-state index >= 15 is 0 Å². The van der Waals surface area contributed by atoms with Crippen molar-refractivity contribution in [2.45, 2.75) is 13.3 Å². The SMILES string of the molecule is Cc1cnc2c(c1)OCC/C2=N/NC(=S)N1CCN(CCF)CC1. The van der Waals surface area contributed by atoms with Crippen LogP contribution in [0, 0.1) is 6.92 Å². The van der Waals surface area contributed by atoms with Crippen molar-refractivity contribution in [3.8, 4) is 5.75 Å². The van der Waals surface area contributed by atoms with Gasteiger partial charge in [0, 0.05) is 45.3 Å². The predicted octanol–water partition coefficient (Wildman–Crippen LogP) is 1.34. The van der Waals surface area contributed by atoms with Crippen molar-refractivity contribution >= 4 is 23.0 Å². The fourth-order valence-corrected chi connectivity index (χ4v) is 3.06. The molecular weight excluding hydrogens is 329 g/mol. The van der Waals surface area contributed by atoms with E-state index in [0.717, 1.165) is 48.9 Å². The summed E-state index contributed by atoms with van der Waals surface area (Å²) >= 11 is 5.43. The van der Waals surface area contributed by atoms with E-state index in [4.69, 9.17) is 17.0 Å². The number of pyridine rings is 1. The summed E-state index contributed by atoms with van der Waals surface area (Å²) in [4.78, 5) is 8.60. The van der Waals surface area contributed by atoms with Gasteiger partial charge in [-0.1, -0.05) is 0 Å². The van der Waals surface area contributed by atoms with Crippen molar-refractivity contribution in [1.82, 2.24) is 20.2 Å². The topological polar surface area (TPSA) is 53.0 Å². The molecule has 1 aromatic rings. The van der Waals surface area contributed by atoms with Gasteiger partial charge in [0.2, 0.25) is 0 Å². The average Bonchev–Trinajstić information content (AvgIpc) is 2.60. The number of hydrazone groups is 1. The van der Waals surface area contributed by atoms with Gasteiger partial charge in [-0.3, -0.25) is 15.3 Å². The maximum Gasteiger partial charge on any atom is 0.189 e. The van der Waals surface area contributed by atoms with E-state index in [0.29, 0.717) is 24.7 Å². The third-order valence-electron chi connectivity index (χ3n) is 4.21. The lowest BCUT2D eigenvalue weighted by molar-refractivity contribution is 0.170. The van der Waals surface area contributed by atoms with E-state index in [1.807, 2.05) is 19.2 Å². The Labute approximate surface area is 146 Å². The zero-order valence-electron chi connectivity index (χ0n) is 13.8. The molecule has 6 nitrogen and oxygen atoms in total. The lowest BCUT2D eigenvalue weighted by atomic mass is 10.1. The second kappa shape index (κ2) is 7.85. The van der Waals surface area contributed by atoms with Crippen LogP contribution in [0.15, 0.2) is 17.4 Å². The molecule has 3 heterocycles. The van der Waals surface area contributed by atoms with Crippen LogP contribution in [-0.2, 0) is 0 Å². The van der Waals surface area contributed by atoms with Gasteiger partial charge in [0.1, 0.15) is 18.1 Å². The van der Waals surface area contributed by atoms with Gasteiger partial charge < -0.3 is 9.64 Å². The molecule has 0 aromatic carbocycles. The van der Waals surface area contributed by atoms with E-state index in [1.54, 1.807) is 0 Å². The first-order valence-corrected chi connectivity index (χ1v) is 8.58. The summed E-state index contributed by atoms with van der Waals surface area (Å²) in [6.07, 6.45) is 2.51. The Morgan fingerprint density at radius 1 is 1.42 bits per heavy atom. The molecule has 0 aliphatic carbocycles. The zero-order chi connectivity index (χ0) is 16.9. The van der Waals surface area contributed by atoms with Crippen molar-refractivity contribution in [2.24, 2.45) is 5.10 Å². The molecule has 3 rings (SSSR count). The highest BCUT2D eigenvalue weighted by molar-refractivity contribution is 7.80. The third kappa shape index (κ3) is 3.99. The van der Waals surface area contributed by atoms with Crippen molar-refractivity contribution < 1.29 is 9.13 Å². The van der Waals surface area contributed by atoms with E-state index in [-0.39, 0.29) is 6.67 Å². The molecule has 1 fully saturated rings. The molecule has 0 spiro atoms. The predicted molar refractivity (Wildman–Crippen MR) is 95.3 cm³/mol. The number of aromatic nitrogens is 1. The molecule has 0 unspecified atom stereocenters. The molecule has 1 saturated heterocycles. The standard InChI is InChI=1S/C16H22FN5OS/c1-12-10-14-15(18-11-12)13(2-9-23-14)19-20-16(24)22-7-5-21(4-3-17)6-8-22/h10-11H,2-9H2,1H3,(H,20,24)/b19-13-. The van der Waals surface area contributed by atoms with Gasteiger partial charge in [-0.15, -0.1) is 0 Å². The van der Waals surface area contributed by atoms with Crippen LogP contribution in [-0.4, -0.2) is 71.6 Å². The van der Waals surface area contributed by atoms with Crippen LogP contribution in [0.2, 0.25) is 0 Å². The average molecular weight is 351 g/mol. The Morgan fingerprint density at radius 2 is 2.21 bits per heavy atom. The molecule has 0 radical (unpaired) electrons. The Morgan fingerprint density at radius 3 is 2.96 bits per heavy atom. The quantitative estimate of drug-likeness (QED) is 0.655. The minimum atomic E-state index is -0.301. The first-order chi connectivity index (χ1) is 11.7. The van der Waals surface area contributed by atoms with Gasteiger partial charge in [0.05, 0.1) is 12.3 Å². The second-order valence-corrected chi connectivity index (χ2v) is 6.34. The molecule has 24 heavy (non-hydrogen) atoms. The highest BCUT2D eigenvalue weighted by Gasteiger charge is 2.21.